The van der Waals surface area contributed by atoms with Crippen molar-refractivity contribution in [1.29, 1.82) is 0 Å². The van der Waals surface area contributed by atoms with Crippen LogP contribution in [0.3, 0.4) is 0 Å². The highest BCUT2D eigenvalue weighted by Gasteiger charge is 2.07. The molecule has 0 aliphatic rings. The van der Waals surface area contributed by atoms with Gasteiger partial charge in [-0.1, -0.05) is 12.2 Å². The molecule has 0 atom stereocenters. The van der Waals surface area contributed by atoms with E-state index in [0.29, 0.717) is 12.1 Å². The van der Waals surface area contributed by atoms with Crippen LogP contribution in [-0.2, 0) is 0 Å². The number of rotatable bonds is 1. The quantitative estimate of drug-likeness (QED) is 0.609. The monoisotopic (exact) mass is 171 g/mol. The van der Waals surface area contributed by atoms with E-state index in [-0.39, 0.29) is 5.56 Å². The standard InChI is InChI=1S/C9H6F3/c1-2-3-7-8(11)4-6(10)5-9(7)12/h2-5H,1H2/b3-2+. The summed E-state index contributed by atoms with van der Waals surface area (Å²) in [6.07, 6.45) is 2.38. The maximum Gasteiger partial charge on any atom is 0.136 e. The van der Waals surface area contributed by atoms with Gasteiger partial charge in [0.1, 0.15) is 17.5 Å². The second kappa shape index (κ2) is 3.43. The van der Waals surface area contributed by atoms with Crippen molar-refractivity contribution in [3.8, 4) is 0 Å². The molecule has 0 aliphatic heterocycles. The van der Waals surface area contributed by atoms with Gasteiger partial charge in [0.05, 0.1) is 0 Å². The van der Waals surface area contributed by atoms with Crippen LogP contribution in [0.1, 0.15) is 5.56 Å². The minimum absolute atomic E-state index is 0.272. The molecule has 0 aliphatic carbocycles. The summed E-state index contributed by atoms with van der Waals surface area (Å²) in [5, 5.41) is 0. The van der Waals surface area contributed by atoms with Gasteiger partial charge in [-0.15, -0.1) is 0 Å². The van der Waals surface area contributed by atoms with E-state index < -0.39 is 17.5 Å². The molecule has 0 fully saturated rings. The average Bonchev–Trinajstić information content (AvgIpc) is 1.96. The molecule has 0 heterocycles. The topological polar surface area (TPSA) is 0 Å². The van der Waals surface area contributed by atoms with E-state index >= 15 is 0 Å². The van der Waals surface area contributed by atoms with E-state index in [9.17, 15) is 13.2 Å². The lowest BCUT2D eigenvalue weighted by molar-refractivity contribution is 0.540. The normalized spacial score (nSPS) is 11.0. The van der Waals surface area contributed by atoms with Gasteiger partial charge in [0.15, 0.2) is 0 Å². The molecule has 0 unspecified atom stereocenters. The SMILES string of the molecule is [CH2]/C=C/c1c(F)cc(F)cc1F. The molecule has 0 nitrogen and oxygen atoms in total. The van der Waals surface area contributed by atoms with Crippen molar-refractivity contribution in [1.82, 2.24) is 0 Å². The van der Waals surface area contributed by atoms with Crippen molar-refractivity contribution in [2.75, 3.05) is 0 Å². The zero-order valence-electron chi connectivity index (χ0n) is 6.15. The van der Waals surface area contributed by atoms with E-state index in [1.807, 2.05) is 0 Å². The summed E-state index contributed by atoms with van der Waals surface area (Å²) in [5.74, 6) is -2.77. The van der Waals surface area contributed by atoms with Gasteiger partial charge in [0.2, 0.25) is 0 Å². The molecule has 1 aromatic rings. The fraction of sp³-hybridized carbons (Fsp3) is 0. The lowest BCUT2D eigenvalue weighted by atomic mass is 10.2. The largest absolute Gasteiger partial charge is 0.207 e. The van der Waals surface area contributed by atoms with Gasteiger partial charge in [-0.2, -0.15) is 0 Å². The first-order valence-corrected chi connectivity index (χ1v) is 3.25. The number of hydrogen-bond donors (Lipinski definition) is 0. The molecule has 0 bridgehead atoms. The highest BCUT2D eigenvalue weighted by atomic mass is 19.1. The Kier molecular flexibility index (Phi) is 2.53. The van der Waals surface area contributed by atoms with Gasteiger partial charge in [0, 0.05) is 17.7 Å². The molecule has 0 saturated heterocycles. The van der Waals surface area contributed by atoms with Gasteiger partial charge in [-0.3, -0.25) is 0 Å². The molecule has 12 heavy (non-hydrogen) atoms. The molecule has 3 heteroatoms. The van der Waals surface area contributed by atoms with Crippen LogP contribution in [0.4, 0.5) is 13.2 Å². The summed E-state index contributed by atoms with van der Waals surface area (Å²) in [6, 6.07) is 1.25. The van der Waals surface area contributed by atoms with Crippen molar-refractivity contribution >= 4 is 6.08 Å². The molecule has 0 aromatic heterocycles. The lowest BCUT2D eigenvalue weighted by Gasteiger charge is -1.98. The van der Waals surface area contributed by atoms with E-state index in [1.54, 1.807) is 0 Å². The van der Waals surface area contributed by atoms with Crippen LogP contribution in [-0.4, -0.2) is 0 Å². The van der Waals surface area contributed by atoms with E-state index in [1.165, 1.54) is 6.08 Å². The summed E-state index contributed by atoms with van der Waals surface area (Å²) in [5.41, 5.74) is -0.272. The summed E-state index contributed by atoms with van der Waals surface area (Å²) >= 11 is 0. The van der Waals surface area contributed by atoms with Crippen LogP contribution in [0.15, 0.2) is 18.2 Å². The van der Waals surface area contributed by atoms with Crippen molar-refractivity contribution in [2.45, 2.75) is 0 Å². The first-order chi connectivity index (χ1) is 5.65. The Balaban J connectivity index is 3.28. The Morgan fingerprint density at radius 3 is 2.00 bits per heavy atom. The number of halogens is 3. The zero-order valence-corrected chi connectivity index (χ0v) is 6.15. The van der Waals surface area contributed by atoms with Crippen LogP contribution < -0.4 is 0 Å². The molecule has 1 radical (unpaired) electrons. The van der Waals surface area contributed by atoms with Crippen LogP contribution in [0.2, 0.25) is 0 Å². The smallest absolute Gasteiger partial charge is 0.136 e. The number of allylic oxidation sites excluding steroid dienone is 1. The Morgan fingerprint density at radius 1 is 1.08 bits per heavy atom. The van der Waals surface area contributed by atoms with Crippen LogP contribution >= 0.6 is 0 Å². The molecular formula is C9H6F3. The number of benzene rings is 1. The minimum Gasteiger partial charge on any atom is -0.207 e. The average molecular weight is 171 g/mol. The van der Waals surface area contributed by atoms with Gasteiger partial charge >= 0.3 is 0 Å². The van der Waals surface area contributed by atoms with Gasteiger partial charge in [-0.25, -0.2) is 13.2 Å². The third-order valence-electron chi connectivity index (χ3n) is 1.33. The molecule has 0 amide bonds. The fourth-order valence-electron chi connectivity index (χ4n) is 0.830. The molecule has 1 aromatic carbocycles. The van der Waals surface area contributed by atoms with Gasteiger partial charge < -0.3 is 0 Å². The van der Waals surface area contributed by atoms with Crippen molar-refractivity contribution < 1.29 is 13.2 Å². The molecule has 63 valence electrons. The first kappa shape index (κ1) is 8.84. The van der Waals surface area contributed by atoms with E-state index in [0.717, 1.165) is 6.08 Å². The highest BCUT2D eigenvalue weighted by molar-refractivity contribution is 5.51. The van der Waals surface area contributed by atoms with E-state index in [2.05, 4.69) is 6.92 Å². The summed E-state index contributed by atoms with van der Waals surface area (Å²) in [7, 11) is 0. The lowest BCUT2D eigenvalue weighted by Crippen LogP contribution is -1.90. The fourth-order valence-corrected chi connectivity index (χ4v) is 0.830. The van der Waals surface area contributed by atoms with E-state index in [4.69, 9.17) is 0 Å². The van der Waals surface area contributed by atoms with Gasteiger partial charge in [-0.05, 0) is 6.92 Å². The molecule has 0 N–H and O–H groups in total. The van der Waals surface area contributed by atoms with Crippen LogP contribution in [0.5, 0.6) is 0 Å². The third-order valence-corrected chi connectivity index (χ3v) is 1.33. The minimum atomic E-state index is -0.925. The summed E-state index contributed by atoms with van der Waals surface area (Å²) in [4.78, 5) is 0. The third kappa shape index (κ3) is 1.67. The molecule has 0 spiro atoms. The predicted molar refractivity (Wildman–Crippen MR) is 40.7 cm³/mol. The molecule has 0 saturated carbocycles. The zero-order chi connectivity index (χ0) is 9.14. The Labute approximate surface area is 68.3 Å². The van der Waals surface area contributed by atoms with Crippen LogP contribution in [0, 0.1) is 24.4 Å². The van der Waals surface area contributed by atoms with Crippen molar-refractivity contribution in [2.24, 2.45) is 0 Å². The molecular weight excluding hydrogens is 165 g/mol. The van der Waals surface area contributed by atoms with Crippen LogP contribution in [0.25, 0.3) is 6.08 Å². The highest BCUT2D eigenvalue weighted by Crippen LogP contribution is 2.15. The maximum absolute atomic E-state index is 12.7. The Hall–Kier alpha value is -1.25. The summed E-state index contributed by atoms with van der Waals surface area (Å²) < 4.78 is 37.8. The van der Waals surface area contributed by atoms with Crippen molar-refractivity contribution in [3.63, 3.8) is 0 Å². The van der Waals surface area contributed by atoms with Gasteiger partial charge in [0.25, 0.3) is 0 Å². The second-order valence-electron chi connectivity index (χ2n) is 2.19. The number of hydrogen-bond acceptors (Lipinski definition) is 0. The Morgan fingerprint density at radius 2 is 1.58 bits per heavy atom. The molecule has 1 rings (SSSR count). The summed E-state index contributed by atoms with van der Waals surface area (Å²) in [6.45, 7) is 3.28. The second-order valence-corrected chi connectivity index (χ2v) is 2.19. The first-order valence-electron chi connectivity index (χ1n) is 3.25. The maximum atomic E-state index is 12.7. The Bertz CT molecular complexity index is 293. The predicted octanol–water partition coefficient (Wildman–Crippen LogP) is 2.95. The van der Waals surface area contributed by atoms with Crippen molar-refractivity contribution in [3.05, 3.63) is 48.1 Å².